The first-order valence-electron chi connectivity index (χ1n) is 24.7. The van der Waals surface area contributed by atoms with Gasteiger partial charge in [0.25, 0.3) is 0 Å². The average Bonchev–Trinajstić information content (AvgIpc) is 3.20. The Bertz CT molecular complexity index is 1160. The SMILES string of the molecule is CCCCC/C=C\C=C/CCCCCCCCC(=O)NC(COP(=O)(O)OCC[N+](C)(C)C)C(O)/C=C/CC/C=C/CC/C=C/CCCCCCCCCCCCCCC. The molecule has 0 fully saturated rings. The van der Waals surface area contributed by atoms with Crippen molar-refractivity contribution in [2.75, 3.05) is 40.9 Å². The first kappa shape index (κ1) is 58.2. The molecule has 0 aromatic rings. The molecule has 0 bridgehead atoms. The highest BCUT2D eigenvalue weighted by Crippen LogP contribution is 2.43. The van der Waals surface area contributed by atoms with Gasteiger partial charge in [0.2, 0.25) is 5.91 Å². The number of hydrogen-bond donors (Lipinski definition) is 3. The van der Waals surface area contributed by atoms with Gasteiger partial charge in [-0.2, -0.15) is 0 Å². The number of nitrogens with one attached hydrogen (secondary N) is 1. The van der Waals surface area contributed by atoms with E-state index in [9.17, 15) is 19.4 Å². The van der Waals surface area contributed by atoms with Crippen LogP contribution in [0, 0.1) is 0 Å². The molecule has 60 heavy (non-hydrogen) atoms. The van der Waals surface area contributed by atoms with Gasteiger partial charge in [-0.1, -0.05) is 190 Å². The van der Waals surface area contributed by atoms with Crippen molar-refractivity contribution in [3.8, 4) is 0 Å². The molecule has 0 aliphatic rings. The van der Waals surface area contributed by atoms with Crippen molar-refractivity contribution >= 4 is 13.7 Å². The van der Waals surface area contributed by atoms with E-state index in [0.717, 1.165) is 64.2 Å². The van der Waals surface area contributed by atoms with Crippen molar-refractivity contribution in [2.24, 2.45) is 0 Å². The lowest BCUT2D eigenvalue weighted by atomic mass is 10.0. The lowest BCUT2D eigenvalue weighted by Gasteiger charge is -2.25. The van der Waals surface area contributed by atoms with Crippen LogP contribution in [0.15, 0.2) is 60.8 Å². The van der Waals surface area contributed by atoms with E-state index < -0.39 is 20.0 Å². The number of amides is 1. The Balaban J connectivity index is 4.43. The van der Waals surface area contributed by atoms with E-state index in [-0.39, 0.29) is 19.1 Å². The van der Waals surface area contributed by atoms with Crippen LogP contribution in [0.3, 0.4) is 0 Å². The minimum atomic E-state index is -4.36. The minimum absolute atomic E-state index is 0.0489. The van der Waals surface area contributed by atoms with Gasteiger partial charge in [-0.3, -0.25) is 13.8 Å². The van der Waals surface area contributed by atoms with E-state index in [1.54, 1.807) is 6.08 Å². The molecule has 0 radical (unpaired) electrons. The van der Waals surface area contributed by atoms with Gasteiger partial charge in [0, 0.05) is 6.42 Å². The number of hydrogen-bond acceptors (Lipinski definition) is 5. The second kappa shape index (κ2) is 42.5. The quantitative estimate of drug-likeness (QED) is 0.0185. The number of allylic oxidation sites excluding steroid dienone is 9. The van der Waals surface area contributed by atoms with E-state index in [0.29, 0.717) is 17.4 Å². The molecule has 0 aliphatic heterocycles. The van der Waals surface area contributed by atoms with Crippen LogP contribution in [-0.2, 0) is 18.4 Å². The molecule has 0 spiro atoms. The molecule has 9 heteroatoms. The summed E-state index contributed by atoms with van der Waals surface area (Å²) in [4.78, 5) is 23.2. The van der Waals surface area contributed by atoms with Crippen LogP contribution >= 0.6 is 7.82 Å². The van der Waals surface area contributed by atoms with Crippen molar-refractivity contribution in [1.29, 1.82) is 0 Å². The Morgan fingerprint density at radius 1 is 0.567 bits per heavy atom. The number of likely N-dealkylation sites (N-methyl/N-ethyl adjacent to an activating group) is 1. The van der Waals surface area contributed by atoms with Crippen molar-refractivity contribution in [1.82, 2.24) is 5.32 Å². The summed E-state index contributed by atoms with van der Waals surface area (Å²) in [6, 6.07) is -0.877. The smallest absolute Gasteiger partial charge is 0.387 e. The van der Waals surface area contributed by atoms with Crippen molar-refractivity contribution in [3.05, 3.63) is 60.8 Å². The summed E-state index contributed by atoms with van der Waals surface area (Å²) in [5, 5.41) is 13.8. The molecule has 0 rings (SSSR count). The number of aliphatic hydroxyl groups excluding tert-OH is 1. The molecule has 350 valence electrons. The zero-order chi connectivity index (χ0) is 44.3. The molecular weight excluding hydrogens is 768 g/mol. The molecule has 0 aromatic carbocycles. The first-order chi connectivity index (χ1) is 29.0. The molecule has 0 aliphatic carbocycles. The second-order valence-electron chi connectivity index (χ2n) is 17.8. The predicted molar refractivity (Wildman–Crippen MR) is 258 cm³/mol. The van der Waals surface area contributed by atoms with Gasteiger partial charge in [0.1, 0.15) is 13.2 Å². The zero-order valence-corrected chi connectivity index (χ0v) is 40.6. The number of carbonyl (C=O) groups is 1. The van der Waals surface area contributed by atoms with Crippen LogP contribution in [0.4, 0.5) is 0 Å². The number of carbonyl (C=O) groups excluding carboxylic acids is 1. The first-order valence-corrected chi connectivity index (χ1v) is 26.2. The highest BCUT2D eigenvalue weighted by atomic mass is 31.2. The minimum Gasteiger partial charge on any atom is -0.387 e. The Morgan fingerprint density at radius 2 is 0.967 bits per heavy atom. The Hall–Kier alpha value is -1.80. The molecule has 0 heterocycles. The molecule has 0 aromatic heterocycles. The fraction of sp³-hybridized carbons (Fsp3) is 0.784. The number of quaternary nitrogens is 1. The maximum Gasteiger partial charge on any atom is 0.472 e. The summed E-state index contributed by atoms with van der Waals surface area (Å²) in [7, 11) is 1.53. The highest BCUT2D eigenvalue weighted by molar-refractivity contribution is 7.47. The molecular formula is C51H96N2O6P+. The summed E-state index contributed by atoms with van der Waals surface area (Å²) in [6.45, 7) is 4.74. The monoisotopic (exact) mass is 864 g/mol. The van der Waals surface area contributed by atoms with Gasteiger partial charge in [-0.15, -0.1) is 0 Å². The second-order valence-corrected chi connectivity index (χ2v) is 19.3. The standard InChI is InChI=1S/C51H95N2O6P/c1-6-8-10-12-14-16-18-20-22-23-24-25-26-27-28-29-31-32-34-36-38-40-42-44-50(54)49(48-59-60(56,57)58-47-46-53(3,4)5)52-51(55)45-43-41-39-37-35-33-30-21-19-17-15-13-11-9-7-2/h15,17,19,21,28-29,34,36,42,44,49-50,54H,6-14,16,18,20,22-27,30-33,35,37-41,43,45-48H2,1-5H3,(H-,52,55,56,57)/p+1/b17-15-,21-19-,29-28+,36-34+,44-42+. The zero-order valence-electron chi connectivity index (χ0n) is 39.7. The van der Waals surface area contributed by atoms with Crippen LogP contribution in [0.2, 0.25) is 0 Å². The normalized spacial score (nSPS) is 14.7. The maximum atomic E-state index is 12.9. The third-order valence-electron chi connectivity index (χ3n) is 10.7. The van der Waals surface area contributed by atoms with Crippen LogP contribution in [-0.4, -0.2) is 73.4 Å². The fourth-order valence-corrected chi connectivity index (χ4v) is 7.50. The fourth-order valence-electron chi connectivity index (χ4n) is 6.77. The van der Waals surface area contributed by atoms with Gasteiger partial charge in [-0.25, -0.2) is 4.57 Å². The van der Waals surface area contributed by atoms with Gasteiger partial charge in [0.15, 0.2) is 0 Å². The lowest BCUT2D eigenvalue weighted by Crippen LogP contribution is -2.45. The molecule has 3 N–H and O–H groups in total. The molecule has 8 nitrogen and oxygen atoms in total. The Labute approximate surface area is 371 Å². The Morgan fingerprint density at radius 3 is 1.47 bits per heavy atom. The van der Waals surface area contributed by atoms with E-state index in [1.165, 1.54) is 122 Å². The van der Waals surface area contributed by atoms with E-state index in [1.807, 2.05) is 27.2 Å². The summed E-state index contributed by atoms with van der Waals surface area (Å²) >= 11 is 0. The van der Waals surface area contributed by atoms with Crippen LogP contribution in [0.1, 0.15) is 206 Å². The van der Waals surface area contributed by atoms with Crippen molar-refractivity contribution < 1.29 is 32.9 Å². The maximum absolute atomic E-state index is 12.9. The Kier molecular flexibility index (Phi) is 41.2. The summed E-state index contributed by atoms with van der Waals surface area (Å²) in [5.74, 6) is -0.205. The molecule has 3 unspecified atom stereocenters. The third-order valence-corrected chi connectivity index (χ3v) is 11.7. The van der Waals surface area contributed by atoms with E-state index >= 15 is 0 Å². The molecule has 3 atom stereocenters. The van der Waals surface area contributed by atoms with Crippen LogP contribution < -0.4 is 5.32 Å². The highest BCUT2D eigenvalue weighted by Gasteiger charge is 2.27. The topological polar surface area (TPSA) is 105 Å². The van der Waals surface area contributed by atoms with E-state index in [4.69, 9.17) is 9.05 Å². The summed E-state index contributed by atoms with van der Waals surface area (Å²) in [5.41, 5.74) is 0. The number of phosphoric ester groups is 1. The van der Waals surface area contributed by atoms with Crippen LogP contribution in [0.5, 0.6) is 0 Å². The largest absolute Gasteiger partial charge is 0.472 e. The van der Waals surface area contributed by atoms with Crippen LogP contribution in [0.25, 0.3) is 0 Å². The number of aliphatic hydroxyl groups is 1. The number of phosphoric acid groups is 1. The number of nitrogens with zero attached hydrogens (tertiary/aromatic N) is 1. The summed E-state index contributed by atoms with van der Waals surface area (Å²) < 4.78 is 23.6. The van der Waals surface area contributed by atoms with E-state index in [2.05, 4.69) is 67.8 Å². The summed E-state index contributed by atoms with van der Waals surface area (Å²) in [6.07, 6.45) is 55.9. The van der Waals surface area contributed by atoms with Crippen molar-refractivity contribution in [2.45, 2.75) is 219 Å². The van der Waals surface area contributed by atoms with Crippen molar-refractivity contribution in [3.63, 3.8) is 0 Å². The van der Waals surface area contributed by atoms with Gasteiger partial charge in [-0.05, 0) is 70.6 Å². The third kappa shape index (κ3) is 44.3. The lowest BCUT2D eigenvalue weighted by molar-refractivity contribution is -0.870. The molecule has 0 saturated heterocycles. The number of rotatable bonds is 44. The predicted octanol–water partition coefficient (Wildman–Crippen LogP) is 14.2. The van der Waals surface area contributed by atoms with Gasteiger partial charge >= 0.3 is 7.82 Å². The molecule has 1 amide bonds. The average molecular weight is 864 g/mol. The van der Waals surface area contributed by atoms with Gasteiger partial charge < -0.3 is 19.8 Å². The number of unbranched alkanes of at least 4 members (excludes halogenated alkanes) is 24. The molecule has 0 saturated carbocycles. The van der Waals surface area contributed by atoms with Gasteiger partial charge in [0.05, 0.1) is 39.9 Å².